The normalized spacial score (nSPS) is 23.4. The number of carbonyl (C=O) groups excluding carboxylic acids is 1. The fourth-order valence-electron chi connectivity index (χ4n) is 4.65. The number of hydrogen-bond donors (Lipinski definition) is 0. The van der Waals surface area contributed by atoms with E-state index in [4.69, 9.17) is 23.2 Å². The fourth-order valence-corrected chi connectivity index (χ4v) is 4.90. The van der Waals surface area contributed by atoms with E-state index in [-0.39, 0.29) is 0 Å². The summed E-state index contributed by atoms with van der Waals surface area (Å²) in [7, 11) is 0. The average Bonchev–Trinajstić information content (AvgIpc) is 2.57. The quantitative estimate of drug-likeness (QED) is 0.499. The molecule has 0 aromatic heterocycles. The lowest BCUT2D eigenvalue weighted by atomic mass is 9.48. The maximum absolute atomic E-state index is 13.9. The number of rotatable bonds is 4. The molecule has 7 heteroatoms. The van der Waals surface area contributed by atoms with Gasteiger partial charge in [-0.2, -0.15) is 0 Å². The summed E-state index contributed by atoms with van der Waals surface area (Å²) in [6, 6.07) is 12.2. The summed E-state index contributed by atoms with van der Waals surface area (Å²) in [5.41, 5.74) is -2.25. The second-order valence-electron chi connectivity index (χ2n) is 7.93. The van der Waals surface area contributed by atoms with Crippen LogP contribution in [0.4, 0.5) is 17.6 Å². The molecule has 0 spiro atoms. The molecule has 0 heterocycles. The van der Waals surface area contributed by atoms with Gasteiger partial charge in [-0.25, -0.2) is 17.6 Å². The fraction of sp³-hybridized carbons (Fsp3) is 0.381. The maximum Gasteiger partial charge on any atom is 0.250 e. The van der Waals surface area contributed by atoms with Crippen LogP contribution in [0.15, 0.2) is 48.5 Å². The van der Waals surface area contributed by atoms with E-state index in [1.54, 1.807) is 0 Å². The van der Waals surface area contributed by atoms with Crippen LogP contribution in [0.5, 0.6) is 0 Å². The van der Waals surface area contributed by atoms with E-state index in [1.807, 2.05) is 0 Å². The molecule has 0 radical (unpaired) electrons. The van der Waals surface area contributed by atoms with Gasteiger partial charge in [-0.15, -0.1) is 0 Å². The van der Waals surface area contributed by atoms with Crippen molar-refractivity contribution in [2.45, 2.75) is 48.4 Å². The Bertz CT molecular complexity index is 831. The average molecular weight is 431 g/mol. The van der Waals surface area contributed by atoms with Crippen LogP contribution in [0, 0.1) is 0 Å². The van der Waals surface area contributed by atoms with Crippen molar-refractivity contribution in [1.29, 1.82) is 0 Å². The van der Waals surface area contributed by atoms with Gasteiger partial charge in [0.1, 0.15) is 0 Å². The molecule has 0 aliphatic heterocycles. The van der Waals surface area contributed by atoms with Gasteiger partial charge in [0.15, 0.2) is 5.78 Å². The summed E-state index contributed by atoms with van der Waals surface area (Å²) in [5.74, 6) is -6.60. The predicted octanol–water partition coefficient (Wildman–Crippen LogP) is 6.60. The molecule has 2 fully saturated rings. The number of alkyl halides is 4. The molecule has 2 aromatic rings. The first-order chi connectivity index (χ1) is 13.0. The lowest BCUT2D eigenvalue weighted by molar-refractivity contribution is -0.182. The highest BCUT2D eigenvalue weighted by molar-refractivity contribution is 6.30. The molecule has 0 amide bonds. The monoisotopic (exact) mass is 430 g/mol. The number of benzene rings is 2. The molecule has 1 nitrogen and oxygen atoms in total. The number of carbonyl (C=O) groups is 1. The standard InChI is InChI=1S/C21H16Cl2F4O/c22-15-5-1-13(2-6-15)18(9-20(24,25)10-18)17(28)19(11-21(26,27)12-19)14-3-7-16(23)8-4-14/h1-8H,9-12H2. The smallest absolute Gasteiger partial charge is 0.250 e. The molecule has 0 unspecified atom stereocenters. The van der Waals surface area contributed by atoms with Gasteiger partial charge in [-0.3, -0.25) is 4.79 Å². The van der Waals surface area contributed by atoms with E-state index >= 15 is 0 Å². The highest BCUT2D eigenvalue weighted by Gasteiger charge is 2.70. The van der Waals surface area contributed by atoms with E-state index in [0.29, 0.717) is 21.2 Å². The first-order valence-electron chi connectivity index (χ1n) is 8.81. The molecule has 0 atom stereocenters. The minimum absolute atomic E-state index is 0.386. The molecule has 0 saturated heterocycles. The summed E-state index contributed by atoms with van der Waals surface area (Å²) in [4.78, 5) is 13.7. The van der Waals surface area contributed by atoms with Crippen molar-refractivity contribution >= 4 is 29.0 Å². The molecular formula is C21H16Cl2F4O. The molecule has 4 rings (SSSR count). The number of ketones is 1. The topological polar surface area (TPSA) is 17.1 Å². The SMILES string of the molecule is O=C(C1(c2ccc(Cl)cc2)CC(F)(F)C1)C1(c2ccc(Cl)cc2)CC(F)(F)C1. The van der Waals surface area contributed by atoms with Gasteiger partial charge in [-0.1, -0.05) is 47.5 Å². The predicted molar refractivity (Wildman–Crippen MR) is 99.6 cm³/mol. The van der Waals surface area contributed by atoms with E-state index in [9.17, 15) is 22.4 Å². The Labute approximate surface area is 169 Å². The van der Waals surface area contributed by atoms with Crippen LogP contribution < -0.4 is 0 Å². The highest BCUT2D eigenvalue weighted by atomic mass is 35.5. The van der Waals surface area contributed by atoms with Crippen LogP contribution in [0.1, 0.15) is 36.8 Å². The van der Waals surface area contributed by atoms with Crippen molar-refractivity contribution in [2.75, 3.05) is 0 Å². The molecule has 2 aliphatic rings. The Morgan fingerprint density at radius 3 is 1.18 bits per heavy atom. The third-order valence-corrected chi connectivity index (χ3v) is 6.41. The van der Waals surface area contributed by atoms with Crippen molar-refractivity contribution < 1.29 is 22.4 Å². The van der Waals surface area contributed by atoms with Crippen LogP contribution in [0.2, 0.25) is 10.0 Å². The van der Waals surface area contributed by atoms with Gasteiger partial charge in [0.05, 0.1) is 10.8 Å². The van der Waals surface area contributed by atoms with Crippen molar-refractivity contribution in [3.63, 3.8) is 0 Å². The van der Waals surface area contributed by atoms with Crippen molar-refractivity contribution in [3.05, 3.63) is 69.7 Å². The van der Waals surface area contributed by atoms with Crippen LogP contribution in [-0.2, 0) is 15.6 Å². The second-order valence-corrected chi connectivity index (χ2v) is 8.80. The molecule has 0 bridgehead atoms. The van der Waals surface area contributed by atoms with Crippen LogP contribution in [0.25, 0.3) is 0 Å². The Kier molecular flexibility index (Phi) is 4.37. The van der Waals surface area contributed by atoms with E-state index in [2.05, 4.69) is 0 Å². The van der Waals surface area contributed by atoms with Crippen LogP contribution >= 0.6 is 23.2 Å². The second kappa shape index (κ2) is 6.20. The van der Waals surface area contributed by atoms with Crippen LogP contribution in [0.3, 0.4) is 0 Å². The van der Waals surface area contributed by atoms with Gasteiger partial charge >= 0.3 is 0 Å². The number of halogens is 6. The third kappa shape index (κ3) is 3.03. The van der Waals surface area contributed by atoms with E-state index < -0.39 is 54.1 Å². The first-order valence-corrected chi connectivity index (χ1v) is 9.57. The Morgan fingerprint density at radius 1 is 0.643 bits per heavy atom. The Hall–Kier alpha value is -1.59. The van der Waals surface area contributed by atoms with Crippen molar-refractivity contribution in [1.82, 2.24) is 0 Å². The number of hydrogen-bond acceptors (Lipinski definition) is 1. The van der Waals surface area contributed by atoms with Gasteiger partial charge in [0.25, 0.3) is 11.8 Å². The summed E-state index contributed by atoms with van der Waals surface area (Å²) in [6.45, 7) is 0. The van der Waals surface area contributed by atoms with Gasteiger partial charge in [-0.05, 0) is 35.4 Å². The van der Waals surface area contributed by atoms with Gasteiger partial charge < -0.3 is 0 Å². The highest BCUT2D eigenvalue weighted by Crippen LogP contribution is 2.62. The van der Waals surface area contributed by atoms with E-state index in [1.165, 1.54) is 48.5 Å². The molecule has 148 valence electrons. The largest absolute Gasteiger partial charge is 0.298 e. The molecule has 0 N–H and O–H groups in total. The summed E-state index contributed by atoms with van der Waals surface area (Å²) >= 11 is 11.8. The summed E-state index contributed by atoms with van der Waals surface area (Å²) in [6.07, 6.45) is -2.77. The zero-order valence-electron chi connectivity index (χ0n) is 14.6. The van der Waals surface area contributed by atoms with Gasteiger partial charge in [0.2, 0.25) is 0 Å². The van der Waals surface area contributed by atoms with Crippen molar-refractivity contribution in [3.8, 4) is 0 Å². The van der Waals surface area contributed by atoms with E-state index in [0.717, 1.165) is 0 Å². The zero-order valence-corrected chi connectivity index (χ0v) is 16.1. The summed E-state index contributed by atoms with van der Waals surface area (Å²) in [5, 5.41) is 0.806. The van der Waals surface area contributed by atoms with Gasteiger partial charge in [0, 0.05) is 35.7 Å². The minimum Gasteiger partial charge on any atom is -0.298 e. The van der Waals surface area contributed by atoms with Crippen LogP contribution in [-0.4, -0.2) is 17.6 Å². The molecule has 2 saturated carbocycles. The zero-order chi connectivity index (χ0) is 20.4. The minimum atomic E-state index is -3.01. The number of Topliss-reactive ketones (excluding diaryl/α,β-unsaturated/α-hetero) is 1. The maximum atomic E-state index is 13.9. The third-order valence-electron chi connectivity index (χ3n) is 5.90. The molecule has 28 heavy (non-hydrogen) atoms. The Morgan fingerprint density at radius 2 is 0.929 bits per heavy atom. The molecular weight excluding hydrogens is 415 g/mol. The van der Waals surface area contributed by atoms with Crippen molar-refractivity contribution in [2.24, 2.45) is 0 Å². The lowest BCUT2D eigenvalue weighted by Crippen LogP contribution is -2.65. The molecule has 2 aromatic carbocycles. The first kappa shape index (κ1) is 19.7. The molecule has 2 aliphatic carbocycles. The Balaban J connectivity index is 1.80. The lowest BCUT2D eigenvalue weighted by Gasteiger charge is -2.55. The summed E-state index contributed by atoms with van der Waals surface area (Å²) < 4.78 is 55.7.